The largest absolute Gasteiger partial charge is 0.467 e. The maximum atomic E-state index is 14.3. The standard InChI is InChI=1S/C32H41BrN2O9S/c1-6-20-16-32(20,30(39)42-5)34-28(37)26-14-23(44-45(40,41)24-9-7-21(33)8-10-24)17-35(26)29(38)25(31(2,3)4)15-27(36)43-22-12-18-11-19(18)13-22/h6-10,18-20,22-23,25-26H,1,11-17H2,2-5H3,(H,34,37)/t18-,19+,20-,22+,23+,25-,26+,32-/m1/s1. The highest BCUT2D eigenvalue weighted by Gasteiger charge is 2.62. The van der Waals surface area contributed by atoms with Crippen LogP contribution in [0.1, 0.15) is 59.3 Å². The van der Waals surface area contributed by atoms with Gasteiger partial charge in [-0.25, -0.2) is 4.79 Å². The molecule has 1 N–H and O–H groups in total. The molecule has 3 saturated carbocycles. The van der Waals surface area contributed by atoms with Gasteiger partial charge in [-0.3, -0.25) is 18.6 Å². The Morgan fingerprint density at radius 1 is 1.09 bits per heavy atom. The van der Waals surface area contributed by atoms with Gasteiger partial charge < -0.3 is 19.7 Å². The average molecular weight is 710 g/mol. The van der Waals surface area contributed by atoms with Crippen LogP contribution in [0.15, 0.2) is 46.3 Å². The first kappa shape index (κ1) is 33.6. The SMILES string of the molecule is C=C[C@@H]1C[C@]1(NC(=O)[C@@H]1C[C@H](OS(=O)(=O)c2ccc(Br)cc2)CN1C(=O)[C@@H](CC(=O)O[C@@H]1C[C@@H]2C[C@@H]2C1)C(C)(C)C)C(=O)OC. The first-order valence-electron chi connectivity index (χ1n) is 15.3. The number of rotatable bonds is 11. The van der Waals surface area contributed by atoms with E-state index in [1.54, 1.807) is 18.2 Å². The van der Waals surface area contributed by atoms with Crippen LogP contribution in [-0.2, 0) is 43.0 Å². The minimum atomic E-state index is -4.25. The fourth-order valence-corrected chi connectivity index (χ4v) is 8.15. The number of carbonyl (C=O) groups is 4. The van der Waals surface area contributed by atoms with Gasteiger partial charge in [0.05, 0.1) is 30.4 Å². The monoisotopic (exact) mass is 708 g/mol. The van der Waals surface area contributed by atoms with Gasteiger partial charge in [-0.05, 0) is 67.2 Å². The van der Waals surface area contributed by atoms with Crippen LogP contribution < -0.4 is 5.32 Å². The number of methoxy groups -OCH3 is 1. The van der Waals surface area contributed by atoms with E-state index in [9.17, 15) is 27.6 Å². The second-order valence-corrected chi connectivity index (χ2v) is 16.3. The highest BCUT2D eigenvalue weighted by molar-refractivity contribution is 9.10. The number of carbonyl (C=O) groups excluding carboxylic acids is 4. The molecule has 0 spiro atoms. The maximum absolute atomic E-state index is 14.3. The minimum Gasteiger partial charge on any atom is -0.467 e. The van der Waals surface area contributed by atoms with Crippen LogP contribution in [0, 0.1) is 29.1 Å². The topological polar surface area (TPSA) is 145 Å². The summed E-state index contributed by atoms with van der Waals surface area (Å²) in [5.74, 6) is -2.23. The lowest BCUT2D eigenvalue weighted by Crippen LogP contribution is -2.54. The highest BCUT2D eigenvalue weighted by Crippen LogP contribution is 2.52. The Morgan fingerprint density at radius 2 is 1.73 bits per heavy atom. The summed E-state index contributed by atoms with van der Waals surface area (Å²) in [5, 5.41) is 2.76. The van der Waals surface area contributed by atoms with Gasteiger partial charge in [0.2, 0.25) is 11.8 Å². The van der Waals surface area contributed by atoms with E-state index >= 15 is 0 Å². The van der Waals surface area contributed by atoms with E-state index in [4.69, 9.17) is 13.7 Å². The molecule has 0 radical (unpaired) electrons. The van der Waals surface area contributed by atoms with Crippen LogP contribution >= 0.6 is 15.9 Å². The number of nitrogens with zero attached hydrogens (tertiary/aromatic N) is 1. The molecule has 11 nitrogen and oxygen atoms in total. The Balaban J connectivity index is 1.37. The number of esters is 2. The maximum Gasteiger partial charge on any atom is 0.332 e. The van der Waals surface area contributed by atoms with Crippen LogP contribution in [0.2, 0.25) is 0 Å². The Morgan fingerprint density at radius 3 is 2.29 bits per heavy atom. The predicted molar refractivity (Wildman–Crippen MR) is 166 cm³/mol. The average Bonchev–Trinajstić information content (AvgIpc) is 3.78. The minimum absolute atomic E-state index is 0.0761. The molecule has 0 bridgehead atoms. The summed E-state index contributed by atoms with van der Waals surface area (Å²) >= 11 is 3.28. The number of ether oxygens (including phenoxy) is 2. The molecule has 1 heterocycles. The summed E-state index contributed by atoms with van der Waals surface area (Å²) in [7, 11) is -3.02. The van der Waals surface area contributed by atoms with Gasteiger partial charge in [0.15, 0.2) is 0 Å². The Hall–Kier alpha value is -2.77. The molecule has 45 heavy (non-hydrogen) atoms. The Kier molecular flexibility index (Phi) is 9.29. The van der Waals surface area contributed by atoms with Gasteiger partial charge in [0, 0.05) is 23.4 Å². The second-order valence-electron chi connectivity index (χ2n) is 13.8. The first-order valence-corrected chi connectivity index (χ1v) is 17.5. The van der Waals surface area contributed by atoms with Crippen LogP contribution in [0.5, 0.6) is 0 Å². The van der Waals surface area contributed by atoms with Crippen molar-refractivity contribution in [2.24, 2.45) is 29.1 Å². The molecule has 1 aromatic rings. The number of amides is 2. The van der Waals surface area contributed by atoms with Crippen molar-refractivity contribution >= 4 is 49.8 Å². The quantitative estimate of drug-likeness (QED) is 0.206. The van der Waals surface area contributed by atoms with Crippen LogP contribution in [-0.4, -0.2) is 74.5 Å². The number of benzene rings is 1. The second kappa shape index (κ2) is 12.4. The zero-order chi connectivity index (χ0) is 32.9. The number of fused-ring (bicyclic) bond motifs is 1. The van der Waals surface area contributed by atoms with Crippen LogP contribution in [0.3, 0.4) is 0 Å². The summed E-state index contributed by atoms with van der Waals surface area (Å²) in [5.41, 5.74) is -2.02. The molecular formula is C32H41BrN2O9S. The lowest BCUT2D eigenvalue weighted by atomic mass is 9.77. The van der Waals surface area contributed by atoms with E-state index in [-0.39, 0.29) is 42.7 Å². The zero-order valence-electron chi connectivity index (χ0n) is 26.0. The van der Waals surface area contributed by atoms with Gasteiger partial charge in [-0.15, -0.1) is 6.58 Å². The van der Waals surface area contributed by atoms with Gasteiger partial charge in [-0.1, -0.05) is 42.8 Å². The van der Waals surface area contributed by atoms with Gasteiger partial charge >= 0.3 is 11.9 Å². The molecule has 8 atom stereocenters. The van der Waals surface area contributed by atoms with Crippen molar-refractivity contribution in [1.82, 2.24) is 10.2 Å². The van der Waals surface area contributed by atoms with E-state index in [1.807, 2.05) is 20.8 Å². The third kappa shape index (κ3) is 7.15. The Labute approximate surface area is 272 Å². The summed E-state index contributed by atoms with van der Waals surface area (Å²) in [6.45, 7) is 9.01. The van der Waals surface area contributed by atoms with E-state index in [0.29, 0.717) is 16.3 Å². The van der Waals surface area contributed by atoms with Crippen molar-refractivity contribution in [2.45, 2.75) is 88.0 Å². The van der Waals surface area contributed by atoms with Gasteiger partial charge in [0.25, 0.3) is 10.1 Å². The molecule has 5 rings (SSSR count). The van der Waals surface area contributed by atoms with E-state index in [2.05, 4.69) is 27.8 Å². The van der Waals surface area contributed by atoms with Crippen molar-refractivity contribution in [1.29, 1.82) is 0 Å². The fraction of sp³-hybridized carbons (Fsp3) is 0.625. The number of halogens is 1. The Bertz CT molecular complexity index is 1460. The van der Waals surface area contributed by atoms with Crippen molar-refractivity contribution in [3.63, 3.8) is 0 Å². The van der Waals surface area contributed by atoms with E-state index in [0.717, 1.165) is 12.8 Å². The summed E-state index contributed by atoms with van der Waals surface area (Å²) in [6.07, 6.45) is 3.18. The molecular weight excluding hydrogens is 668 g/mol. The fourth-order valence-electron chi connectivity index (χ4n) is 6.80. The molecule has 1 aromatic carbocycles. The van der Waals surface area contributed by atoms with E-state index < -0.39 is 62.9 Å². The summed E-state index contributed by atoms with van der Waals surface area (Å²) in [4.78, 5) is 55.0. The number of nitrogens with one attached hydrogen (secondary N) is 1. The number of hydrogen-bond acceptors (Lipinski definition) is 9. The summed E-state index contributed by atoms with van der Waals surface area (Å²) < 4.78 is 43.3. The third-order valence-corrected chi connectivity index (χ3v) is 11.5. The molecule has 0 aromatic heterocycles. The molecule has 13 heteroatoms. The van der Waals surface area contributed by atoms with Crippen molar-refractivity contribution < 1.29 is 41.3 Å². The van der Waals surface area contributed by atoms with Crippen molar-refractivity contribution in [3.8, 4) is 0 Å². The molecule has 1 aliphatic heterocycles. The van der Waals surface area contributed by atoms with Crippen molar-refractivity contribution in [3.05, 3.63) is 41.4 Å². The molecule has 1 saturated heterocycles. The lowest BCUT2D eigenvalue weighted by molar-refractivity contribution is -0.157. The first-order chi connectivity index (χ1) is 21.1. The number of hydrogen-bond donors (Lipinski definition) is 1. The molecule has 246 valence electrons. The van der Waals surface area contributed by atoms with Crippen LogP contribution in [0.4, 0.5) is 0 Å². The van der Waals surface area contributed by atoms with Crippen molar-refractivity contribution in [2.75, 3.05) is 13.7 Å². The molecule has 4 aliphatic rings. The van der Waals surface area contributed by atoms with Gasteiger partial charge in [0.1, 0.15) is 17.7 Å². The lowest BCUT2D eigenvalue weighted by Gasteiger charge is -2.35. The third-order valence-electron chi connectivity index (χ3n) is 9.62. The number of likely N-dealkylation sites (tertiary alicyclic amines) is 1. The summed E-state index contributed by atoms with van der Waals surface area (Å²) in [6, 6.07) is 4.74. The molecule has 3 aliphatic carbocycles. The van der Waals surface area contributed by atoms with Crippen LogP contribution in [0.25, 0.3) is 0 Å². The smallest absolute Gasteiger partial charge is 0.332 e. The molecule has 2 amide bonds. The molecule has 0 unspecified atom stereocenters. The normalized spacial score (nSPS) is 31.0. The van der Waals surface area contributed by atoms with E-state index in [1.165, 1.54) is 30.6 Å². The molecule has 4 fully saturated rings. The predicted octanol–water partition coefficient (Wildman–Crippen LogP) is 3.75. The zero-order valence-corrected chi connectivity index (χ0v) is 28.4. The highest BCUT2D eigenvalue weighted by atomic mass is 79.9. The van der Waals surface area contributed by atoms with Gasteiger partial charge in [-0.2, -0.15) is 8.42 Å².